The lowest BCUT2D eigenvalue weighted by atomic mass is 9.86. The van der Waals surface area contributed by atoms with Gasteiger partial charge in [-0.15, -0.1) is 11.8 Å². The number of carbonyl (C=O) groups excluding carboxylic acids is 3. The Morgan fingerprint density at radius 3 is 2.36 bits per heavy atom. The minimum atomic E-state index is -4.74. The lowest BCUT2D eigenvalue weighted by Crippen LogP contribution is -2.48. The molecule has 0 spiro atoms. The van der Waals surface area contributed by atoms with E-state index in [1.807, 2.05) is 6.26 Å². The number of hydrogen-bond donors (Lipinski definition) is 3. The average molecular weight is 657 g/mol. The number of benzene rings is 2. The van der Waals surface area contributed by atoms with Crippen molar-refractivity contribution in [2.24, 2.45) is 5.92 Å². The summed E-state index contributed by atoms with van der Waals surface area (Å²) < 4.78 is 71.7. The molecule has 4 rings (SSSR count). The molecule has 10 nitrogen and oxygen atoms in total. The van der Waals surface area contributed by atoms with E-state index in [1.54, 1.807) is 24.3 Å². The van der Waals surface area contributed by atoms with E-state index in [0.717, 1.165) is 29.9 Å². The van der Waals surface area contributed by atoms with Crippen LogP contribution >= 0.6 is 11.8 Å². The molecule has 0 unspecified atom stereocenters. The molecule has 2 atom stereocenters. The van der Waals surface area contributed by atoms with Crippen LogP contribution in [0.15, 0.2) is 52.3 Å². The summed E-state index contributed by atoms with van der Waals surface area (Å²) in [6, 6.07) is 7.94. The quantitative estimate of drug-likeness (QED) is 0.345. The number of thioether (sulfide) groups is 1. The van der Waals surface area contributed by atoms with Gasteiger partial charge < -0.3 is 25.6 Å². The highest BCUT2D eigenvalue weighted by Gasteiger charge is 2.33. The van der Waals surface area contributed by atoms with Crippen molar-refractivity contribution in [1.29, 1.82) is 0 Å². The third kappa shape index (κ3) is 8.88. The number of nitrogens with zero attached hydrogens (tertiary/aromatic N) is 1. The lowest BCUT2D eigenvalue weighted by molar-refractivity contribution is -0.137. The zero-order valence-corrected chi connectivity index (χ0v) is 25.7. The monoisotopic (exact) mass is 656 g/mol. The Morgan fingerprint density at radius 1 is 1.02 bits per heavy atom. The summed E-state index contributed by atoms with van der Waals surface area (Å²) in [5.41, 5.74) is -1.69. The number of carbonyl (C=O) groups is 3. The Labute approximate surface area is 258 Å². The summed E-state index contributed by atoms with van der Waals surface area (Å²) in [4.78, 5) is 41.1. The standard InChI is InChI=1S/C29H35F3N4O6S2/c1-43-21-7-9-22(10-8-21)44(40,41)18-19-4-2-3-5-24(19)34-26(37)17-33-27(38)23-16-20(29(30,31)32)6-11-25(23)35-28(39)36-12-14-42-15-13-36/h6-11,16,19,24H,2-5,12-15,17-18H2,1H3,(H,33,38)(H,34,37)(H,35,39)/t19-,24+/m1/s1. The van der Waals surface area contributed by atoms with Gasteiger partial charge in [0.2, 0.25) is 5.91 Å². The van der Waals surface area contributed by atoms with Crippen LogP contribution in [-0.2, 0) is 25.5 Å². The molecule has 4 amide bonds. The zero-order valence-electron chi connectivity index (χ0n) is 24.1. The van der Waals surface area contributed by atoms with E-state index in [0.29, 0.717) is 32.1 Å². The summed E-state index contributed by atoms with van der Waals surface area (Å²) in [5, 5.41) is 7.63. The molecule has 0 aromatic heterocycles. The normalized spacial score (nSPS) is 19.2. The van der Waals surface area contributed by atoms with Crippen molar-refractivity contribution < 1.29 is 40.7 Å². The topological polar surface area (TPSA) is 134 Å². The molecule has 1 aliphatic carbocycles. The van der Waals surface area contributed by atoms with Gasteiger partial charge in [0.05, 0.1) is 47.2 Å². The van der Waals surface area contributed by atoms with E-state index >= 15 is 0 Å². The number of anilines is 1. The Balaban J connectivity index is 1.40. The molecule has 0 bridgehead atoms. The van der Waals surface area contributed by atoms with Crippen LogP contribution in [0.25, 0.3) is 0 Å². The first-order chi connectivity index (χ1) is 20.9. The fraction of sp³-hybridized carbons (Fsp3) is 0.483. The molecule has 15 heteroatoms. The molecule has 44 heavy (non-hydrogen) atoms. The molecule has 0 radical (unpaired) electrons. The minimum absolute atomic E-state index is 0.143. The van der Waals surface area contributed by atoms with Gasteiger partial charge in [-0.1, -0.05) is 12.8 Å². The van der Waals surface area contributed by atoms with E-state index in [9.17, 15) is 36.0 Å². The van der Waals surface area contributed by atoms with Crippen LogP contribution in [-0.4, -0.2) is 82.1 Å². The average Bonchev–Trinajstić information content (AvgIpc) is 3.00. The number of rotatable bonds is 9. The predicted octanol–water partition coefficient (Wildman–Crippen LogP) is 4.17. The van der Waals surface area contributed by atoms with Crippen molar-refractivity contribution in [3.63, 3.8) is 0 Å². The van der Waals surface area contributed by atoms with Crippen LogP contribution in [0, 0.1) is 5.92 Å². The fourth-order valence-electron chi connectivity index (χ4n) is 5.25. The van der Waals surface area contributed by atoms with Gasteiger partial charge in [-0.25, -0.2) is 13.2 Å². The van der Waals surface area contributed by atoms with E-state index in [2.05, 4.69) is 16.0 Å². The van der Waals surface area contributed by atoms with Crippen molar-refractivity contribution >= 4 is 45.1 Å². The summed E-state index contributed by atoms with van der Waals surface area (Å²) >= 11 is 1.50. The predicted molar refractivity (Wildman–Crippen MR) is 159 cm³/mol. The first-order valence-corrected chi connectivity index (χ1v) is 17.0. The van der Waals surface area contributed by atoms with Gasteiger partial charge in [-0.2, -0.15) is 13.2 Å². The van der Waals surface area contributed by atoms with E-state index in [-0.39, 0.29) is 35.3 Å². The number of ether oxygens (including phenoxy) is 1. The van der Waals surface area contributed by atoms with Crippen LogP contribution in [0.3, 0.4) is 0 Å². The molecule has 2 aromatic carbocycles. The first-order valence-electron chi connectivity index (χ1n) is 14.2. The van der Waals surface area contributed by atoms with Gasteiger partial charge in [-0.3, -0.25) is 9.59 Å². The largest absolute Gasteiger partial charge is 0.416 e. The zero-order chi connectivity index (χ0) is 31.9. The molecule has 1 saturated carbocycles. The molecule has 1 heterocycles. The third-order valence-electron chi connectivity index (χ3n) is 7.65. The van der Waals surface area contributed by atoms with Crippen molar-refractivity contribution in [3.05, 3.63) is 53.6 Å². The smallest absolute Gasteiger partial charge is 0.378 e. The van der Waals surface area contributed by atoms with Crippen molar-refractivity contribution in [2.45, 2.75) is 47.7 Å². The number of alkyl halides is 3. The van der Waals surface area contributed by atoms with Crippen LogP contribution < -0.4 is 16.0 Å². The molecular weight excluding hydrogens is 621 g/mol. The maximum absolute atomic E-state index is 13.4. The Morgan fingerprint density at radius 2 is 1.70 bits per heavy atom. The molecule has 2 aliphatic rings. The highest BCUT2D eigenvalue weighted by Crippen LogP contribution is 2.32. The Hall–Kier alpha value is -3.30. The first kappa shape index (κ1) is 33.6. The van der Waals surface area contributed by atoms with Crippen LogP contribution in [0.4, 0.5) is 23.7 Å². The van der Waals surface area contributed by atoms with Crippen molar-refractivity contribution in [1.82, 2.24) is 15.5 Å². The SMILES string of the molecule is CSc1ccc(S(=O)(=O)C[C@H]2CCCC[C@@H]2NC(=O)CNC(=O)c2cc(C(F)(F)F)ccc2NC(=O)N2CCOCC2)cc1. The summed E-state index contributed by atoms with van der Waals surface area (Å²) in [7, 11) is -3.62. The number of morpholine rings is 1. The second kappa shape index (κ2) is 14.7. The minimum Gasteiger partial charge on any atom is -0.378 e. The van der Waals surface area contributed by atoms with E-state index < -0.39 is 57.6 Å². The van der Waals surface area contributed by atoms with Gasteiger partial charge in [0.15, 0.2) is 9.84 Å². The fourth-order valence-corrected chi connectivity index (χ4v) is 7.36. The van der Waals surface area contributed by atoms with E-state index in [4.69, 9.17) is 4.74 Å². The lowest BCUT2D eigenvalue weighted by Gasteiger charge is -2.32. The molecular formula is C29H35F3N4O6S2. The highest BCUT2D eigenvalue weighted by molar-refractivity contribution is 7.98. The van der Waals surface area contributed by atoms with E-state index in [1.165, 1.54) is 16.7 Å². The molecule has 1 aliphatic heterocycles. The number of amides is 4. The van der Waals surface area contributed by atoms with Crippen molar-refractivity contribution in [2.75, 3.05) is 50.2 Å². The maximum Gasteiger partial charge on any atom is 0.416 e. The van der Waals surface area contributed by atoms with Crippen molar-refractivity contribution in [3.8, 4) is 0 Å². The number of urea groups is 1. The number of hydrogen-bond acceptors (Lipinski definition) is 7. The summed E-state index contributed by atoms with van der Waals surface area (Å²) in [6.45, 7) is 0.617. The maximum atomic E-state index is 13.4. The Bertz CT molecular complexity index is 1450. The summed E-state index contributed by atoms with van der Waals surface area (Å²) in [5.74, 6) is -2.10. The van der Waals surface area contributed by atoms with Gasteiger partial charge in [0.25, 0.3) is 5.91 Å². The second-order valence-electron chi connectivity index (χ2n) is 10.6. The van der Waals surface area contributed by atoms with Crippen LogP contribution in [0.5, 0.6) is 0 Å². The van der Waals surface area contributed by atoms with Crippen LogP contribution in [0.2, 0.25) is 0 Å². The number of halogens is 3. The Kier molecular flexibility index (Phi) is 11.2. The van der Waals surface area contributed by atoms with Gasteiger partial charge in [0, 0.05) is 24.0 Å². The van der Waals surface area contributed by atoms with Gasteiger partial charge >= 0.3 is 12.2 Å². The number of sulfone groups is 1. The molecule has 2 fully saturated rings. The second-order valence-corrected chi connectivity index (χ2v) is 13.6. The third-order valence-corrected chi connectivity index (χ3v) is 10.2. The van der Waals surface area contributed by atoms with Gasteiger partial charge in [-0.05, 0) is 67.5 Å². The number of nitrogens with one attached hydrogen (secondary N) is 3. The molecule has 1 saturated heterocycles. The summed E-state index contributed by atoms with van der Waals surface area (Å²) in [6.07, 6.45) is -0.112. The molecule has 2 aromatic rings. The molecule has 3 N–H and O–H groups in total. The molecule has 240 valence electrons. The van der Waals surface area contributed by atoms with Gasteiger partial charge in [0.1, 0.15) is 0 Å². The van der Waals surface area contributed by atoms with Crippen LogP contribution in [0.1, 0.15) is 41.6 Å². The highest BCUT2D eigenvalue weighted by atomic mass is 32.2.